The second kappa shape index (κ2) is 2.01. The predicted molar refractivity (Wildman–Crippen MR) is 45.3 cm³/mol. The van der Waals surface area contributed by atoms with Crippen LogP contribution in [0.5, 0.6) is 0 Å². The minimum atomic E-state index is 0.379. The molecule has 1 heteroatoms. The first kappa shape index (κ1) is 7.60. The summed E-state index contributed by atoms with van der Waals surface area (Å²) in [5.41, 5.74) is 1.02. The van der Waals surface area contributed by atoms with E-state index in [-0.39, 0.29) is 0 Å². The van der Waals surface area contributed by atoms with Crippen LogP contribution in [0.25, 0.3) is 0 Å². The summed E-state index contributed by atoms with van der Waals surface area (Å²) >= 11 is 0. The fraction of sp³-hybridized carbons (Fsp3) is 1.00. The molecular weight excluding hydrogens is 136 g/mol. The molecule has 3 rings (SSSR count). The Morgan fingerprint density at radius 3 is 2.18 bits per heavy atom. The van der Waals surface area contributed by atoms with Crippen molar-refractivity contribution in [3.05, 3.63) is 0 Å². The molecule has 11 heavy (non-hydrogen) atoms. The molecule has 64 valence electrons. The van der Waals surface area contributed by atoms with E-state index in [0.29, 0.717) is 17.4 Å². The van der Waals surface area contributed by atoms with Gasteiger partial charge in [-0.3, -0.25) is 0 Å². The number of aliphatic hydroxyl groups is 1. The van der Waals surface area contributed by atoms with Crippen LogP contribution in [0.1, 0.15) is 39.5 Å². The van der Waals surface area contributed by atoms with E-state index in [2.05, 4.69) is 13.8 Å². The molecule has 0 atom stereocenters. The van der Waals surface area contributed by atoms with Gasteiger partial charge in [-0.25, -0.2) is 0 Å². The van der Waals surface area contributed by atoms with Gasteiger partial charge in [-0.05, 0) is 42.4 Å². The third kappa shape index (κ3) is 0.807. The lowest BCUT2D eigenvalue weighted by atomic mass is 9.56. The van der Waals surface area contributed by atoms with Crippen molar-refractivity contribution in [1.29, 1.82) is 0 Å². The van der Waals surface area contributed by atoms with E-state index in [1.165, 1.54) is 25.7 Å². The highest BCUT2D eigenvalue weighted by Crippen LogP contribution is 2.69. The van der Waals surface area contributed by atoms with Crippen molar-refractivity contribution in [3.8, 4) is 0 Å². The zero-order valence-electron chi connectivity index (χ0n) is 7.56. The average molecular weight is 154 g/mol. The molecule has 0 amide bonds. The fourth-order valence-corrected chi connectivity index (χ4v) is 3.20. The van der Waals surface area contributed by atoms with Gasteiger partial charge in [0.05, 0.1) is 0 Å². The van der Waals surface area contributed by atoms with Crippen LogP contribution in [-0.4, -0.2) is 11.7 Å². The van der Waals surface area contributed by atoms with E-state index in [1.807, 2.05) is 0 Å². The van der Waals surface area contributed by atoms with E-state index < -0.39 is 0 Å². The van der Waals surface area contributed by atoms with Crippen molar-refractivity contribution < 1.29 is 5.11 Å². The van der Waals surface area contributed by atoms with Gasteiger partial charge in [-0.15, -0.1) is 0 Å². The number of aliphatic hydroxyl groups excluding tert-OH is 1. The smallest absolute Gasteiger partial charge is 0.0487 e. The molecule has 0 aliphatic heterocycles. The summed E-state index contributed by atoms with van der Waals surface area (Å²) in [6.07, 6.45) is 5.25. The number of hydrogen-bond donors (Lipinski definition) is 1. The van der Waals surface area contributed by atoms with Gasteiger partial charge < -0.3 is 5.11 Å². The van der Waals surface area contributed by atoms with Crippen LogP contribution in [-0.2, 0) is 0 Å². The first-order valence-corrected chi connectivity index (χ1v) is 4.73. The van der Waals surface area contributed by atoms with Crippen LogP contribution < -0.4 is 0 Å². The summed E-state index contributed by atoms with van der Waals surface area (Å²) in [6, 6.07) is 0. The summed E-state index contributed by atoms with van der Waals surface area (Å²) in [7, 11) is 0. The van der Waals surface area contributed by atoms with Crippen molar-refractivity contribution in [2.24, 2.45) is 16.7 Å². The minimum absolute atomic E-state index is 0.379. The Kier molecular flexibility index (Phi) is 1.39. The Labute approximate surface area is 68.8 Å². The summed E-state index contributed by atoms with van der Waals surface area (Å²) < 4.78 is 0. The normalized spacial score (nSPS) is 48.0. The summed E-state index contributed by atoms with van der Waals surface area (Å²) in [5, 5.41) is 9.16. The molecule has 3 fully saturated rings. The molecule has 0 radical (unpaired) electrons. The summed E-state index contributed by atoms with van der Waals surface area (Å²) in [6.45, 7) is 5.08. The molecule has 0 heterocycles. The zero-order valence-corrected chi connectivity index (χ0v) is 7.56. The third-order valence-electron chi connectivity index (χ3n) is 4.17. The van der Waals surface area contributed by atoms with Gasteiger partial charge in [0.1, 0.15) is 0 Å². The molecule has 0 aromatic rings. The van der Waals surface area contributed by atoms with Gasteiger partial charge >= 0.3 is 0 Å². The van der Waals surface area contributed by atoms with E-state index >= 15 is 0 Å². The fourth-order valence-electron chi connectivity index (χ4n) is 3.20. The van der Waals surface area contributed by atoms with Crippen LogP contribution in [0.4, 0.5) is 0 Å². The Hall–Kier alpha value is -0.0400. The predicted octanol–water partition coefficient (Wildman–Crippen LogP) is 2.20. The molecule has 1 N–H and O–H groups in total. The van der Waals surface area contributed by atoms with Crippen molar-refractivity contribution in [2.75, 3.05) is 6.61 Å². The van der Waals surface area contributed by atoms with Crippen molar-refractivity contribution in [1.82, 2.24) is 0 Å². The topological polar surface area (TPSA) is 20.2 Å². The lowest BCUT2D eigenvalue weighted by Crippen LogP contribution is -2.42. The van der Waals surface area contributed by atoms with Gasteiger partial charge in [-0.2, -0.15) is 0 Å². The van der Waals surface area contributed by atoms with Crippen LogP contribution in [0.3, 0.4) is 0 Å². The zero-order chi connectivity index (χ0) is 8.11. The molecule has 0 saturated heterocycles. The van der Waals surface area contributed by atoms with Crippen molar-refractivity contribution in [2.45, 2.75) is 39.5 Å². The average Bonchev–Trinajstić information content (AvgIpc) is 2.39. The van der Waals surface area contributed by atoms with Gasteiger partial charge in [0.2, 0.25) is 0 Å². The molecule has 0 aromatic heterocycles. The SMILES string of the molecule is CC(C)C12CCC(CO)(C1)C2. The van der Waals surface area contributed by atoms with Crippen LogP contribution in [0.2, 0.25) is 0 Å². The Balaban J connectivity index is 2.08. The first-order chi connectivity index (χ1) is 5.13. The number of fused-ring (bicyclic) bond motifs is 1. The maximum Gasteiger partial charge on any atom is 0.0487 e. The summed E-state index contributed by atoms with van der Waals surface area (Å²) in [4.78, 5) is 0. The van der Waals surface area contributed by atoms with Gasteiger partial charge in [0, 0.05) is 6.61 Å². The maximum absolute atomic E-state index is 9.16. The first-order valence-electron chi connectivity index (χ1n) is 4.73. The van der Waals surface area contributed by atoms with Crippen molar-refractivity contribution in [3.63, 3.8) is 0 Å². The van der Waals surface area contributed by atoms with Crippen LogP contribution in [0.15, 0.2) is 0 Å². The van der Waals surface area contributed by atoms with Crippen LogP contribution >= 0.6 is 0 Å². The largest absolute Gasteiger partial charge is 0.396 e. The molecule has 0 unspecified atom stereocenters. The second-order valence-corrected chi connectivity index (χ2v) is 5.03. The molecule has 0 aromatic carbocycles. The quantitative estimate of drug-likeness (QED) is 0.646. The van der Waals surface area contributed by atoms with E-state index in [0.717, 1.165) is 5.92 Å². The number of rotatable bonds is 2. The highest BCUT2D eigenvalue weighted by molar-refractivity contribution is 5.11. The Morgan fingerprint density at radius 1 is 1.27 bits per heavy atom. The second-order valence-electron chi connectivity index (χ2n) is 5.03. The summed E-state index contributed by atoms with van der Waals surface area (Å²) in [5.74, 6) is 0.824. The lowest BCUT2D eigenvalue weighted by Gasteiger charge is -2.49. The standard InChI is InChI=1S/C10H18O/c1-8(2)10-4-3-9(5-10,6-10)7-11/h8,11H,3-7H2,1-2H3. The van der Waals surface area contributed by atoms with Gasteiger partial charge in [0.15, 0.2) is 0 Å². The minimum Gasteiger partial charge on any atom is -0.396 e. The Morgan fingerprint density at radius 2 is 1.91 bits per heavy atom. The molecule has 3 aliphatic rings. The highest BCUT2D eigenvalue weighted by Gasteiger charge is 2.60. The molecule has 3 aliphatic carbocycles. The molecule has 2 bridgehead atoms. The monoisotopic (exact) mass is 154 g/mol. The molecule has 0 spiro atoms. The number of hydrogen-bond acceptors (Lipinski definition) is 1. The maximum atomic E-state index is 9.16. The molecule has 3 saturated carbocycles. The van der Waals surface area contributed by atoms with E-state index in [1.54, 1.807) is 0 Å². The van der Waals surface area contributed by atoms with Crippen molar-refractivity contribution >= 4 is 0 Å². The van der Waals surface area contributed by atoms with E-state index in [9.17, 15) is 0 Å². The molecular formula is C10H18O. The Bertz CT molecular complexity index is 166. The van der Waals surface area contributed by atoms with Gasteiger partial charge in [0.25, 0.3) is 0 Å². The highest BCUT2D eigenvalue weighted by atomic mass is 16.3. The molecule has 1 nitrogen and oxygen atoms in total. The van der Waals surface area contributed by atoms with E-state index in [4.69, 9.17) is 5.11 Å². The lowest BCUT2D eigenvalue weighted by molar-refractivity contribution is -0.0321. The third-order valence-corrected chi connectivity index (χ3v) is 4.17. The van der Waals surface area contributed by atoms with Gasteiger partial charge in [-0.1, -0.05) is 13.8 Å². The van der Waals surface area contributed by atoms with Crippen LogP contribution in [0, 0.1) is 16.7 Å².